The Morgan fingerprint density at radius 3 is 2.49 bits per heavy atom. The number of ether oxygens (including phenoxy) is 3. The molecule has 2 aliphatic heterocycles. The smallest absolute Gasteiger partial charge is 0.410 e. The van der Waals surface area contributed by atoms with Crippen molar-refractivity contribution in [3.63, 3.8) is 0 Å². The van der Waals surface area contributed by atoms with Crippen molar-refractivity contribution < 1.29 is 37.3 Å². The number of nitrogens with zero attached hydrogens (tertiary/aromatic N) is 2. The number of anilines is 1. The lowest BCUT2D eigenvalue weighted by Crippen LogP contribution is -2.57. The lowest BCUT2D eigenvalue weighted by atomic mass is 10.1. The van der Waals surface area contributed by atoms with Crippen molar-refractivity contribution in [1.29, 1.82) is 0 Å². The van der Waals surface area contributed by atoms with Gasteiger partial charge in [-0.2, -0.15) is 0 Å². The molecule has 0 spiro atoms. The second-order valence-electron chi connectivity index (χ2n) is 10.4. The number of hydrogen-bond acceptors (Lipinski definition) is 8. The fourth-order valence-corrected chi connectivity index (χ4v) is 5.50. The third kappa shape index (κ3) is 5.82. The fourth-order valence-electron chi connectivity index (χ4n) is 4.30. The van der Waals surface area contributed by atoms with Gasteiger partial charge in [-0.1, -0.05) is 36.4 Å². The van der Waals surface area contributed by atoms with E-state index >= 15 is 4.39 Å². The Morgan fingerprint density at radius 2 is 1.85 bits per heavy atom. The van der Waals surface area contributed by atoms with Crippen molar-refractivity contribution in [2.24, 2.45) is 0 Å². The van der Waals surface area contributed by atoms with Crippen LogP contribution in [-0.2, 0) is 16.1 Å². The second kappa shape index (κ2) is 10.1. The Balaban J connectivity index is 1.41. The molecule has 2 aliphatic rings. The van der Waals surface area contributed by atoms with Crippen molar-refractivity contribution in [2.75, 3.05) is 23.9 Å². The summed E-state index contributed by atoms with van der Waals surface area (Å²) in [6.45, 7) is 5.69. The maximum atomic E-state index is 16.1. The number of halogens is 1. The van der Waals surface area contributed by atoms with Crippen molar-refractivity contribution in [3.05, 3.63) is 66.0 Å². The summed E-state index contributed by atoms with van der Waals surface area (Å²) in [5.41, 5.74) is -0.0115. The van der Waals surface area contributed by atoms with E-state index in [4.69, 9.17) is 14.2 Å². The molecule has 2 fully saturated rings. The highest BCUT2D eigenvalue weighted by Gasteiger charge is 2.39. The number of benzene rings is 3. The van der Waals surface area contributed by atoms with E-state index in [2.05, 4.69) is 4.72 Å². The average Bonchev–Trinajstić information content (AvgIpc) is 3.10. The molecule has 0 unspecified atom stereocenters. The van der Waals surface area contributed by atoms with E-state index in [9.17, 15) is 18.7 Å². The standard InChI is InChI=1S/C27H30FN3O7S/c1-27(2,3)38-26(33)30-13-20(14-30)37-19-10-9-18-11-22(36-16-17-7-5-4-6-8-17)25(24(28)21(18)12-19)31-15-23(32)29-39(31,34)35/h4-12,20,34-35H,13-16H2,1-3H3,(H,29,32). The van der Waals surface area contributed by atoms with E-state index in [1.807, 2.05) is 30.3 Å². The van der Waals surface area contributed by atoms with E-state index in [-0.39, 0.29) is 29.5 Å². The third-order valence-corrected chi connectivity index (χ3v) is 7.55. The van der Waals surface area contributed by atoms with Gasteiger partial charge in [0, 0.05) is 5.39 Å². The molecule has 2 amide bonds. The minimum absolute atomic E-state index is 0.0565. The van der Waals surface area contributed by atoms with Gasteiger partial charge in [-0.25, -0.2) is 18.2 Å². The predicted molar refractivity (Wildman–Crippen MR) is 145 cm³/mol. The Bertz CT molecular complexity index is 1410. The van der Waals surface area contributed by atoms with Gasteiger partial charge < -0.3 is 19.1 Å². The van der Waals surface area contributed by atoms with E-state index in [1.54, 1.807) is 39.0 Å². The minimum atomic E-state index is -3.80. The number of fused-ring (bicyclic) bond motifs is 1. The molecule has 0 aliphatic carbocycles. The van der Waals surface area contributed by atoms with Gasteiger partial charge in [-0.05, 0) is 60.9 Å². The highest BCUT2D eigenvalue weighted by Crippen LogP contribution is 2.51. The first-order valence-electron chi connectivity index (χ1n) is 12.3. The van der Waals surface area contributed by atoms with Gasteiger partial charge in [0.25, 0.3) is 5.91 Å². The van der Waals surface area contributed by atoms with Crippen LogP contribution in [0.3, 0.4) is 0 Å². The quantitative estimate of drug-likeness (QED) is 0.383. The maximum Gasteiger partial charge on any atom is 0.410 e. The number of nitrogens with one attached hydrogen (secondary N) is 1. The molecular weight excluding hydrogens is 529 g/mol. The molecule has 3 aromatic carbocycles. The number of likely N-dealkylation sites (tertiary alicyclic amines) is 1. The molecule has 208 valence electrons. The van der Waals surface area contributed by atoms with Gasteiger partial charge in [0.15, 0.2) is 5.82 Å². The van der Waals surface area contributed by atoms with Crippen LogP contribution in [0.25, 0.3) is 10.8 Å². The number of amides is 2. The Kier molecular flexibility index (Phi) is 6.95. The monoisotopic (exact) mass is 559 g/mol. The summed E-state index contributed by atoms with van der Waals surface area (Å²) in [5.74, 6) is -1.01. The number of carbonyl (C=O) groups excluding carboxylic acids is 2. The number of hydrogen-bond donors (Lipinski definition) is 3. The molecule has 2 heterocycles. The van der Waals surface area contributed by atoms with Gasteiger partial charge in [0.05, 0.1) is 13.1 Å². The van der Waals surface area contributed by atoms with Gasteiger partial charge in [-0.15, -0.1) is 0 Å². The SMILES string of the molecule is CC(C)(C)OC(=O)N1CC(Oc2ccc3cc(OCc4ccccc4)c(N4CC(=O)NS4(O)O)c(F)c3c2)C1. The molecule has 0 aromatic heterocycles. The van der Waals surface area contributed by atoms with Crippen LogP contribution in [0, 0.1) is 5.82 Å². The largest absolute Gasteiger partial charge is 0.487 e. The van der Waals surface area contributed by atoms with E-state index in [1.165, 1.54) is 11.0 Å². The normalized spacial score (nSPS) is 17.9. The molecule has 3 aromatic rings. The van der Waals surface area contributed by atoms with Gasteiger partial charge >= 0.3 is 6.09 Å². The molecule has 0 atom stereocenters. The maximum absolute atomic E-state index is 16.1. The van der Waals surface area contributed by atoms with Crippen LogP contribution >= 0.6 is 11.0 Å². The zero-order valence-electron chi connectivity index (χ0n) is 21.7. The molecule has 12 heteroatoms. The first kappa shape index (κ1) is 26.9. The fraction of sp³-hybridized carbons (Fsp3) is 0.333. The number of rotatable bonds is 6. The summed E-state index contributed by atoms with van der Waals surface area (Å²) >= 11 is 0. The topological polar surface area (TPSA) is 121 Å². The summed E-state index contributed by atoms with van der Waals surface area (Å²) in [6.07, 6.45) is -0.717. The van der Waals surface area contributed by atoms with Crippen molar-refractivity contribution in [1.82, 2.24) is 9.62 Å². The van der Waals surface area contributed by atoms with Crippen LogP contribution in [0.15, 0.2) is 54.6 Å². The summed E-state index contributed by atoms with van der Waals surface area (Å²) in [4.78, 5) is 25.7. The summed E-state index contributed by atoms with van der Waals surface area (Å²) < 4.78 is 57.3. The van der Waals surface area contributed by atoms with Crippen LogP contribution in [0.5, 0.6) is 11.5 Å². The molecule has 0 bridgehead atoms. The van der Waals surface area contributed by atoms with Crippen molar-refractivity contribution in [2.45, 2.75) is 39.1 Å². The van der Waals surface area contributed by atoms with E-state index < -0.39 is 40.9 Å². The summed E-state index contributed by atoms with van der Waals surface area (Å²) in [6, 6.07) is 15.7. The Labute approximate surface area is 226 Å². The second-order valence-corrected chi connectivity index (χ2v) is 12.1. The molecule has 0 saturated carbocycles. The number of carbonyl (C=O) groups is 2. The minimum Gasteiger partial charge on any atom is -0.487 e. The van der Waals surface area contributed by atoms with E-state index in [0.717, 1.165) is 9.87 Å². The van der Waals surface area contributed by atoms with Crippen LogP contribution in [0.1, 0.15) is 26.3 Å². The van der Waals surface area contributed by atoms with Crippen molar-refractivity contribution >= 4 is 39.4 Å². The van der Waals surface area contributed by atoms with Crippen LogP contribution in [-0.4, -0.2) is 57.3 Å². The summed E-state index contributed by atoms with van der Waals surface area (Å²) in [5, 5.41) is 0.637. The third-order valence-electron chi connectivity index (χ3n) is 6.12. The molecule has 10 nitrogen and oxygen atoms in total. The zero-order valence-corrected chi connectivity index (χ0v) is 22.5. The zero-order chi connectivity index (χ0) is 27.9. The van der Waals surface area contributed by atoms with Crippen LogP contribution in [0.4, 0.5) is 14.9 Å². The molecular formula is C27H30FN3O7S. The van der Waals surface area contributed by atoms with Gasteiger partial charge in [0.1, 0.15) is 42.0 Å². The van der Waals surface area contributed by atoms with Crippen LogP contribution < -0.4 is 18.5 Å². The predicted octanol–water partition coefficient (Wildman–Crippen LogP) is 5.07. The molecule has 2 saturated heterocycles. The Hall–Kier alpha value is -3.74. The van der Waals surface area contributed by atoms with E-state index in [0.29, 0.717) is 24.2 Å². The molecule has 0 radical (unpaired) electrons. The van der Waals surface area contributed by atoms with Crippen LogP contribution in [0.2, 0.25) is 0 Å². The van der Waals surface area contributed by atoms with Crippen molar-refractivity contribution in [3.8, 4) is 11.5 Å². The lowest BCUT2D eigenvalue weighted by molar-refractivity contribution is -0.117. The molecule has 5 rings (SSSR count). The molecule has 3 N–H and O–H groups in total. The first-order chi connectivity index (χ1) is 18.4. The average molecular weight is 560 g/mol. The molecule has 39 heavy (non-hydrogen) atoms. The summed E-state index contributed by atoms with van der Waals surface area (Å²) in [7, 11) is -3.80. The lowest BCUT2D eigenvalue weighted by Gasteiger charge is -2.39. The highest BCUT2D eigenvalue weighted by molar-refractivity contribution is 8.24. The van der Waals surface area contributed by atoms with Gasteiger partial charge in [-0.3, -0.25) is 13.9 Å². The highest BCUT2D eigenvalue weighted by atomic mass is 32.3. The first-order valence-corrected chi connectivity index (χ1v) is 13.8. The van der Waals surface area contributed by atoms with Gasteiger partial charge in [0.2, 0.25) is 0 Å². The Morgan fingerprint density at radius 1 is 1.13 bits per heavy atom.